The van der Waals surface area contributed by atoms with E-state index in [4.69, 9.17) is 4.52 Å². The molecule has 0 bridgehead atoms. The second kappa shape index (κ2) is 10.5. The molecule has 0 radical (unpaired) electrons. The average molecular weight is 498 g/mol. The van der Waals surface area contributed by atoms with Crippen LogP contribution in [0, 0.1) is 25.6 Å². The van der Waals surface area contributed by atoms with Gasteiger partial charge in [0.15, 0.2) is 10.7 Å². The van der Waals surface area contributed by atoms with Crippen molar-refractivity contribution in [2.45, 2.75) is 38.1 Å². The number of carbonyl (C=O) groups excluding carboxylic acids is 1. The van der Waals surface area contributed by atoms with Crippen molar-refractivity contribution in [1.29, 1.82) is 0 Å². The molecule has 0 spiro atoms. The first-order chi connectivity index (χ1) is 16.8. The summed E-state index contributed by atoms with van der Waals surface area (Å²) in [5.74, 6) is -0.705. The van der Waals surface area contributed by atoms with E-state index in [2.05, 4.69) is 10.5 Å². The SMILES string of the molecule is Cc1ccc(CNC(=O)C2CCN(S(=O)(=O)c3c(C)noc3/C=C/c3ccccc3F)CC2)cc1. The lowest BCUT2D eigenvalue weighted by molar-refractivity contribution is -0.126. The van der Waals surface area contributed by atoms with Gasteiger partial charge in [0, 0.05) is 31.1 Å². The van der Waals surface area contributed by atoms with Crippen LogP contribution in [0.1, 0.15) is 41.0 Å². The summed E-state index contributed by atoms with van der Waals surface area (Å²) in [6, 6.07) is 14.1. The molecule has 3 aromatic rings. The van der Waals surface area contributed by atoms with Gasteiger partial charge < -0.3 is 9.84 Å². The molecule has 1 aliphatic rings. The van der Waals surface area contributed by atoms with E-state index in [1.165, 1.54) is 22.5 Å². The molecule has 7 nitrogen and oxygen atoms in total. The Hall–Kier alpha value is -3.30. The minimum absolute atomic E-state index is 0.0349. The van der Waals surface area contributed by atoms with Gasteiger partial charge >= 0.3 is 0 Å². The molecule has 1 aliphatic heterocycles. The molecule has 0 aliphatic carbocycles. The second-order valence-electron chi connectivity index (χ2n) is 8.70. The Balaban J connectivity index is 1.41. The molecule has 2 heterocycles. The van der Waals surface area contributed by atoms with E-state index in [0.717, 1.165) is 11.1 Å². The van der Waals surface area contributed by atoms with E-state index >= 15 is 0 Å². The highest BCUT2D eigenvalue weighted by molar-refractivity contribution is 7.89. The van der Waals surface area contributed by atoms with Gasteiger partial charge in [-0.3, -0.25) is 4.79 Å². The molecule has 1 N–H and O–H groups in total. The van der Waals surface area contributed by atoms with Crippen LogP contribution in [-0.4, -0.2) is 36.9 Å². The summed E-state index contributed by atoms with van der Waals surface area (Å²) in [4.78, 5) is 12.6. The highest BCUT2D eigenvalue weighted by Gasteiger charge is 2.35. The fourth-order valence-electron chi connectivity index (χ4n) is 4.10. The Labute approximate surface area is 204 Å². The summed E-state index contributed by atoms with van der Waals surface area (Å²) in [5, 5.41) is 6.78. The van der Waals surface area contributed by atoms with E-state index in [9.17, 15) is 17.6 Å². The first-order valence-electron chi connectivity index (χ1n) is 11.5. The number of hydrogen-bond donors (Lipinski definition) is 1. The Kier molecular flexibility index (Phi) is 7.47. The van der Waals surface area contributed by atoms with Gasteiger partial charge in [-0.1, -0.05) is 53.2 Å². The number of carbonyl (C=O) groups is 1. The number of sulfonamides is 1. The van der Waals surface area contributed by atoms with Crippen molar-refractivity contribution in [3.05, 3.63) is 82.5 Å². The highest BCUT2D eigenvalue weighted by atomic mass is 32.2. The summed E-state index contributed by atoms with van der Waals surface area (Å²) in [6.07, 6.45) is 3.71. The molecule has 1 fully saturated rings. The van der Waals surface area contributed by atoms with Gasteiger partial charge in [-0.2, -0.15) is 4.31 Å². The summed E-state index contributed by atoms with van der Waals surface area (Å²) in [6.45, 7) is 4.43. The van der Waals surface area contributed by atoms with Crippen LogP contribution >= 0.6 is 0 Å². The van der Waals surface area contributed by atoms with Gasteiger partial charge in [-0.25, -0.2) is 12.8 Å². The Morgan fingerprint density at radius 1 is 1.11 bits per heavy atom. The van der Waals surface area contributed by atoms with Gasteiger partial charge in [0.1, 0.15) is 11.5 Å². The zero-order valence-corrected chi connectivity index (χ0v) is 20.5. The molecule has 184 valence electrons. The number of piperidine rings is 1. The van der Waals surface area contributed by atoms with Crippen LogP contribution in [0.5, 0.6) is 0 Å². The van der Waals surface area contributed by atoms with Gasteiger partial charge in [0.05, 0.1) is 0 Å². The lowest BCUT2D eigenvalue weighted by Gasteiger charge is -2.30. The van der Waals surface area contributed by atoms with Crippen LogP contribution in [-0.2, 0) is 21.4 Å². The largest absolute Gasteiger partial charge is 0.355 e. The van der Waals surface area contributed by atoms with Crippen molar-refractivity contribution < 1.29 is 22.1 Å². The molecule has 0 saturated carbocycles. The van der Waals surface area contributed by atoms with E-state index in [1.54, 1.807) is 25.1 Å². The third-order valence-electron chi connectivity index (χ3n) is 6.16. The fourth-order valence-corrected chi connectivity index (χ4v) is 5.82. The van der Waals surface area contributed by atoms with Crippen molar-refractivity contribution in [3.8, 4) is 0 Å². The smallest absolute Gasteiger partial charge is 0.248 e. The van der Waals surface area contributed by atoms with Crippen LogP contribution in [0.3, 0.4) is 0 Å². The van der Waals surface area contributed by atoms with Crippen LogP contribution in [0.15, 0.2) is 57.9 Å². The van der Waals surface area contributed by atoms with Crippen molar-refractivity contribution >= 4 is 28.1 Å². The molecule has 9 heteroatoms. The van der Waals surface area contributed by atoms with Crippen LogP contribution in [0.25, 0.3) is 12.2 Å². The predicted octanol–water partition coefficient (Wildman–Crippen LogP) is 4.32. The van der Waals surface area contributed by atoms with E-state index in [0.29, 0.717) is 24.9 Å². The highest BCUT2D eigenvalue weighted by Crippen LogP contribution is 2.29. The van der Waals surface area contributed by atoms with E-state index in [1.807, 2.05) is 31.2 Å². The summed E-state index contributed by atoms with van der Waals surface area (Å²) in [5.41, 5.74) is 2.71. The number of halogens is 1. The number of hydrogen-bond acceptors (Lipinski definition) is 5. The zero-order valence-electron chi connectivity index (χ0n) is 19.7. The zero-order chi connectivity index (χ0) is 25.0. The maximum absolute atomic E-state index is 13.9. The summed E-state index contributed by atoms with van der Waals surface area (Å²) in [7, 11) is -3.90. The molecular formula is C26H28FN3O4S. The van der Waals surface area contributed by atoms with Crippen molar-refractivity contribution in [1.82, 2.24) is 14.8 Å². The second-order valence-corrected chi connectivity index (χ2v) is 10.6. The molecule has 1 amide bonds. The number of nitrogens with one attached hydrogen (secondary N) is 1. The van der Waals surface area contributed by atoms with Gasteiger partial charge in [-0.15, -0.1) is 0 Å². The quantitative estimate of drug-likeness (QED) is 0.525. The van der Waals surface area contributed by atoms with Gasteiger partial charge in [0.2, 0.25) is 15.9 Å². The number of rotatable bonds is 7. The lowest BCUT2D eigenvalue weighted by Crippen LogP contribution is -2.43. The minimum atomic E-state index is -3.90. The molecule has 4 rings (SSSR count). The average Bonchev–Trinajstić information content (AvgIpc) is 3.24. The molecule has 2 aromatic carbocycles. The predicted molar refractivity (Wildman–Crippen MR) is 131 cm³/mol. The standard InChI is InChI=1S/C26H28FN3O4S/c1-18-7-9-20(10-8-18)17-28-26(31)22-13-15-30(16-14-22)35(32,33)25-19(2)29-34-24(25)12-11-21-5-3-4-6-23(21)27/h3-12,22H,13-17H2,1-2H3,(H,28,31)/b12-11+. The first kappa shape index (κ1) is 24.8. The van der Waals surface area contributed by atoms with Crippen LogP contribution in [0.4, 0.5) is 4.39 Å². The molecule has 1 aromatic heterocycles. The van der Waals surface area contributed by atoms with Gasteiger partial charge in [0.25, 0.3) is 0 Å². The molecule has 35 heavy (non-hydrogen) atoms. The van der Waals surface area contributed by atoms with Crippen molar-refractivity contribution in [3.63, 3.8) is 0 Å². The number of nitrogens with zero attached hydrogens (tertiary/aromatic N) is 2. The third kappa shape index (κ3) is 5.68. The topological polar surface area (TPSA) is 92.5 Å². The summed E-state index contributed by atoms with van der Waals surface area (Å²) < 4.78 is 47.3. The third-order valence-corrected chi connectivity index (χ3v) is 8.22. The van der Waals surface area contributed by atoms with Crippen molar-refractivity contribution in [2.75, 3.05) is 13.1 Å². The molecular weight excluding hydrogens is 469 g/mol. The molecule has 1 saturated heterocycles. The monoisotopic (exact) mass is 497 g/mol. The lowest BCUT2D eigenvalue weighted by atomic mass is 9.97. The first-order valence-corrected chi connectivity index (χ1v) is 12.9. The van der Waals surface area contributed by atoms with Crippen molar-refractivity contribution in [2.24, 2.45) is 5.92 Å². The number of aromatic nitrogens is 1. The van der Waals surface area contributed by atoms with E-state index < -0.39 is 15.8 Å². The number of amides is 1. The molecule has 0 unspecified atom stereocenters. The Morgan fingerprint density at radius 3 is 2.49 bits per heavy atom. The number of aryl methyl sites for hydroxylation is 2. The maximum atomic E-state index is 13.9. The van der Waals surface area contributed by atoms with Gasteiger partial charge in [-0.05, 0) is 50.5 Å². The van der Waals surface area contributed by atoms with Crippen LogP contribution < -0.4 is 5.32 Å². The maximum Gasteiger partial charge on any atom is 0.248 e. The Morgan fingerprint density at radius 2 is 1.80 bits per heavy atom. The molecule has 0 atom stereocenters. The summed E-state index contributed by atoms with van der Waals surface area (Å²) >= 11 is 0. The van der Waals surface area contributed by atoms with Crippen LogP contribution in [0.2, 0.25) is 0 Å². The minimum Gasteiger partial charge on any atom is -0.355 e. The fraction of sp³-hybridized carbons (Fsp3) is 0.308. The Bertz CT molecular complexity index is 1320. The van der Waals surface area contributed by atoms with E-state index in [-0.39, 0.29) is 41.3 Å². The normalized spacial score (nSPS) is 15.5. The number of benzene rings is 2.